The van der Waals surface area contributed by atoms with Crippen molar-refractivity contribution in [3.63, 3.8) is 0 Å². The van der Waals surface area contributed by atoms with E-state index in [1.165, 1.54) is 11.3 Å². The first-order valence-corrected chi connectivity index (χ1v) is 7.77. The molecule has 1 aromatic rings. The van der Waals surface area contributed by atoms with Gasteiger partial charge in [-0.05, 0) is 39.4 Å². The van der Waals surface area contributed by atoms with Crippen LogP contribution in [0.4, 0.5) is 5.69 Å². The van der Waals surface area contributed by atoms with E-state index in [2.05, 4.69) is 50.0 Å². The molecule has 1 heterocycles. The predicted molar refractivity (Wildman–Crippen MR) is 87.3 cm³/mol. The minimum atomic E-state index is -0.00863. The second-order valence-electron chi connectivity index (χ2n) is 6.19. The molecule has 4 heteroatoms. The highest BCUT2D eigenvalue weighted by atomic mass is 16.5. The number of nitrogens with one attached hydrogen (secondary N) is 1. The van der Waals surface area contributed by atoms with Crippen molar-refractivity contribution in [3.8, 4) is 5.75 Å². The van der Waals surface area contributed by atoms with Crippen molar-refractivity contribution in [2.45, 2.75) is 39.3 Å². The zero-order valence-electron chi connectivity index (χ0n) is 13.9. The van der Waals surface area contributed by atoms with E-state index >= 15 is 0 Å². The predicted octanol–water partition coefficient (Wildman–Crippen LogP) is 2.98. The Morgan fingerprint density at radius 1 is 1.43 bits per heavy atom. The molecule has 4 nitrogen and oxygen atoms in total. The molecule has 21 heavy (non-hydrogen) atoms. The minimum absolute atomic E-state index is 0.00863. The van der Waals surface area contributed by atoms with E-state index in [1.54, 1.807) is 7.11 Å². The fraction of sp³-hybridized carbons (Fsp3) is 0.647. The van der Waals surface area contributed by atoms with Gasteiger partial charge in [0.1, 0.15) is 5.75 Å². The van der Waals surface area contributed by atoms with E-state index in [9.17, 15) is 0 Å². The highest BCUT2D eigenvalue weighted by molar-refractivity contribution is 5.62. The maximum atomic E-state index is 5.65. The van der Waals surface area contributed by atoms with Crippen LogP contribution in [0.25, 0.3) is 0 Å². The van der Waals surface area contributed by atoms with Crippen molar-refractivity contribution in [2.24, 2.45) is 0 Å². The van der Waals surface area contributed by atoms with Crippen LogP contribution in [0, 0.1) is 0 Å². The highest BCUT2D eigenvalue weighted by Crippen LogP contribution is 2.38. The van der Waals surface area contributed by atoms with Gasteiger partial charge in [-0.15, -0.1) is 0 Å². The summed E-state index contributed by atoms with van der Waals surface area (Å²) in [6.07, 6.45) is 0. The summed E-state index contributed by atoms with van der Waals surface area (Å²) >= 11 is 0. The van der Waals surface area contributed by atoms with E-state index in [-0.39, 0.29) is 11.6 Å². The summed E-state index contributed by atoms with van der Waals surface area (Å²) in [6.45, 7) is 12.1. The number of nitrogens with zero attached hydrogens (tertiary/aromatic N) is 1. The van der Waals surface area contributed by atoms with Gasteiger partial charge in [0.25, 0.3) is 0 Å². The Bertz CT molecular complexity index is 474. The van der Waals surface area contributed by atoms with Crippen LogP contribution in [-0.2, 0) is 4.74 Å². The maximum absolute atomic E-state index is 5.65. The van der Waals surface area contributed by atoms with Crippen LogP contribution in [0.15, 0.2) is 18.2 Å². The number of anilines is 1. The maximum Gasteiger partial charge on any atom is 0.125 e. The molecule has 0 aliphatic carbocycles. The van der Waals surface area contributed by atoms with E-state index in [0.29, 0.717) is 0 Å². The Morgan fingerprint density at radius 2 is 2.19 bits per heavy atom. The average Bonchev–Trinajstić information content (AvgIpc) is 2.46. The Balaban J connectivity index is 2.46. The summed E-state index contributed by atoms with van der Waals surface area (Å²) in [5.41, 5.74) is 2.47. The lowest BCUT2D eigenvalue weighted by Gasteiger charge is -2.45. The fourth-order valence-electron chi connectivity index (χ4n) is 3.09. The first-order chi connectivity index (χ1) is 10.0. The Morgan fingerprint density at radius 3 is 2.81 bits per heavy atom. The van der Waals surface area contributed by atoms with Crippen molar-refractivity contribution in [3.05, 3.63) is 23.8 Å². The standard InChI is InChI=1S/C17H28N2O2/c1-6-18-13(2)16-14(8-7-9-15(16)20-5)19-10-11-21-12-17(19,3)4/h7-9,13,18H,6,10-12H2,1-5H3. The number of hydrogen-bond acceptors (Lipinski definition) is 4. The molecule has 0 radical (unpaired) electrons. The van der Waals surface area contributed by atoms with Gasteiger partial charge in [-0.1, -0.05) is 13.0 Å². The fourth-order valence-corrected chi connectivity index (χ4v) is 3.09. The van der Waals surface area contributed by atoms with Crippen LogP contribution in [0.2, 0.25) is 0 Å². The number of rotatable bonds is 5. The third kappa shape index (κ3) is 3.33. The summed E-state index contributed by atoms with van der Waals surface area (Å²) < 4.78 is 11.3. The SMILES string of the molecule is CCNC(C)c1c(OC)cccc1N1CCOCC1(C)C. The lowest BCUT2D eigenvalue weighted by atomic mass is 9.97. The van der Waals surface area contributed by atoms with E-state index in [1.807, 2.05) is 6.07 Å². The summed E-state index contributed by atoms with van der Waals surface area (Å²) in [5, 5.41) is 3.51. The van der Waals surface area contributed by atoms with Crippen molar-refractivity contribution in [2.75, 3.05) is 38.3 Å². The molecule has 1 aliphatic rings. The smallest absolute Gasteiger partial charge is 0.125 e. The molecule has 1 fully saturated rings. The molecule has 0 spiro atoms. The molecular formula is C17H28N2O2. The summed E-state index contributed by atoms with van der Waals surface area (Å²) in [5.74, 6) is 0.947. The molecule has 1 aliphatic heterocycles. The molecule has 1 aromatic carbocycles. The largest absolute Gasteiger partial charge is 0.496 e. The third-order valence-electron chi connectivity index (χ3n) is 4.14. The van der Waals surface area contributed by atoms with Crippen molar-refractivity contribution in [1.29, 1.82) is 0 Å². The molecular weight excluding hydrogens is 264 g/mol. The second kappa shape index (κ2) is 6.67. The van der Waals surface area contributed by atoms with E-state index in [4.69, 9.17) is 9.47 Å². The Labute approximate surface area is 128 Å². The number of ether oxygens (including phenoxy) is 2. The molecule has 2 rings (SSSR count). The normalized spacial score (nSPS) is 19.4. The third-order valence-corrected chi connectivity index (χ3v) is 4.14. The van der Waals surface area contributed by atoms with Crippen LogP contribution >= 0.6 is 0 Å². The van der Waals surface area contributed by atoms with Crippen LogP contribution < -0.4 is 15.0 Å². The molecule has 1 atom stereocenters. The zero-order chi connectivity index (χ0) is 15.5. The first kappa shape index (κ1) is 16.1. The first-order valence-electron chi connectivity index (χ1n) is 7.77. The average molecular weight is 292 g/mol. The van der Waals surface area contributed by atoms with Gasteiger partial charge in [-0.3, -0.25) is 0 Å². The van der Waals surface area contributed by atoms with Crippen molar-refractivity contribution >= 4 is 5.69 Å². The van der Waals surface area contributed by atoms with E-state index < -0.39 is 0 Å². The molecule has 0 aromatic heterocycles. The molecule has 1 saturated heterocycles. The lowest BCUT2D eigenvalue weighted by Crippen LogP contribution is -2.53. The van der Waals surface area contributed by atoms with Gasteiger partial charge in [0, 0.05) is 23.8 Å². The van der Waals surface area contributed by atoms with Crippen LogP contribution in [-0.4, -0.2) is 39.0 Å². The summed E-state index contributed by atoms with van der Waals surface area (Å²) in [4.78, 5) is 2.45. The van der Waals surface area contributed by atoms with Crippen LogP contribution in [0.5, 0.6) is 5.75 Å². The zero-order valence-corrected chi connectivity index (χ0v) is 13.9. The van der Waals surface area contributed by atoms with Gasteiger partial charge < -0.3 is 19.7 Å². The quantitative estimate of drug-likeness (QED) is 0.904. The monoisotopic (exact) mass is 292 g/mol. The molecule has 0 amide bonds. The number of benzene rings is 1. The van der Waals surface area contributed by atoms with E-state index in [0.717, 1.165) is 32.1 Å². The number of methoxy groups -OCH3 is 1. The highest BCUT2D eigenvalue weighted by Gasteiger charge is 2.33. The summed E-state index contributed by atoms with van der Waals surface area (Å²) in [7, 11) is 1.74. The van der Waals surface area contributed by atoms with Gasteiger partial charge in [-0.2, -0.15) is 0 Å². The molecule has 1 N–H and O–H groups in total. The lowest BCUT2D eigenvalue weighted by molar-refractivity contribution is 0.0642. The van der Waals surface area contributed by atoms with Gasteiger partial charge in [0.05, 0.1) is 25.9 Å². The van der Waals surface area contributed by atoms with Crippen LogP contribution in [0.1, 0.15) is 39.3 Å². The molecule has 118 valence electrons. The summed E-state index contributed by atoms with van der Waals surface area (Å²) in [6, 6.07) is 6.56. The second-order valence-corrected chi connectivity index (χ2v) is 6.19. The van der Waals surface area contributed by atoms with Gasteiger partial charge in [0.2, 0.25) is 0 Å². The van der Waals surface area contributed by atoms with Crippen molar-refractivity contribution in [1.82, 2.24) is 5.32 Å². The Kier molecular flexibility index (Phi) is 5.12. The topological polar surface area (TPSA) is 33.7 Å². The van der Waals surface area contributed by atoms with Crippen molar-refractivity contribution < 1.29 is 9.47 Å². The minimum Gasteiger partial charge on any atom is -0.496 e. The number of hydrogen-bond donors (Lipinski definition) is 1. The van der Waals surface area contributed by atoms with Gasteiger partial charge >= 0.3 is 0 Å². The van der Waals surface area contributed by atoms with Gasteiger partial charge in [-0.25, -0.2) is 0 Å². The van der Waals surface area contributed by atoms with Crippen LogP contribution in [0.3, 0.4) is 0 Å². The van der Waals surface area contributed by atoms with Gasteiger partial charge in [0.15, 0.2) is 0 Å². The Hall–Kier alpha value is -1.26. The molecule has 1 unspecified atom stereocenters. The number of morpholine rings is 1. The molecule has 0 bridgehead atoms. The molecule has 0 saturated carbocycles.